The maximum absolute atomic E-state index is 12.4. The van der Waals surface area contributed by atoms with Gasteiger partial charge in [-0.1, -0.05) is 19.1 Å². The highest BCUT2D eigenvalue weighted by Gasteiger charge is 2.17. The molecule has 6 heteroatoms. The van der Waals surface area contributed by atoms with Crippen LogP contribution in [0.5, 0.6) is 23.0 Å². The normalized spacial score (nSPS) is 13.1. The van der Waals surface area contributed by atoms with Gasteiger partial charge in [0.25, 0.3) is 0 Å². The number of hydrogen-bond acceptors (Lipinski definition) is 5. The zero-order valence-electron chi connectivity index (χ0n) is 15.9. The van der Waals surface area contributed by atoms with Crippen LogP contribution in [0.4, 0.5) is 0 Å². The van der Waals surface area contributed by atoms with Gasteiger partial charge in [0, 0.05) is 6.42 Å². The quantitative estimate of drug-likeness (QED) is 0.768. The van der Waals surface area contributed by atoms with E-state index in [2.05, 4.69) is 5.32 Å². The molecule has 6 nitrogen and oxygen atoms in total. The van der Waals surface area contributed by atoms with Gasteiger partial charge in [0.15, 0.2) is 23.0 Å². The van der Waals surface area contributed by atoms with Gasteiger partial charge in [-0.05, 0) is 48.2 Å². The van der Waals surface area contributed by atoms with Crippen LogP contribution in [0, 0.1) is 0 Å². The Morgan fingerprint density at radius 2 is 1.85 bits per heavy atom. The van der Waals surface area contributed by atoms with E-state index in [1.165, 1.54) is 0 Å². The van der Waals surface area contributed by atoms with Gasteiger partial charge in [-0.3, -0.25) is 4.79 Å². The van der Waals surface area contributed by atoms with E-state index in [1.807, 2.05) is 43.3 Å². The van der Waals surface area contributed by atoms with Gasteiger partial charge in [0.2, 0.25) is 12.7 Å². The first-order chi connectivity index (χ1) is 13.1. The van der Waals surface area contributed by atoms with Gasteiger partial charge in [-0.15, -0.1) is 0 Å². The summed E-state index contributed by atoms with van der Waals surface area (Å²) in [5.74, 6) is 2.83. The second kappa shape index (κ2) is 8.66. The van der Waals surface area contributed by atoms with Crippen molar-refractivity contribution in [3.63, 3.8) is 0 Å². The maximum atomic E-state index is 12.4. The summed E-state index contributed by atoms with van der Waals surface area (Å²) < 4.78 is 21.3. The number of carbonyl (C=O) groups excluding carboxylic acids is 1. The fourth-order valence-corrected chi connectivity index (χ4v) is 3.11. The van der Waals surface area contributed by atoms with Crippen molar-refractivity contribution in [3.05, 3.63) is 47.5 Å². The van der Waals surface area contributed by atoms with Crippen LogP contribution in [-0.2, 0) is 11.2 Å². The number of ether oxygens (including phenoxy) is 4. The van der Waals surface area contributed by atoms with E-state index in [-0.39, 0.29) is 18.7 Å². The molecule has 2 aromatic rings. The predicted molar refractivity (Wildman–Crippen MR) is 102 cm³/mol. The highest BCUT2D eigenvalue weighted by molar-refractivity contribution is 5.76. The number of methoxy groups -OCH3 is 2. The monoisotopic (exact) mass is 371 g/mol. The SMILES string of the molecule is CCC(NC(=O)CCc1ccc2c(c1)OCO2)c1ccc(OC)c(OC)c1. The third-order valence-electron chi connectivity index (χ3n) is 4.63. The van der Waals surface area contributed by atoms with Crippen LogP contribution < -0.4 is 24.3 Å². The zero-order valence-corrected chi connectivity index (χ0v) is 15.9. The molecule has 0 aromatic heterocycles. The molecule has 0 bridgehead atoms. The van der Waals surface area contributed by atoms with E-state index in [0.717, 1.165) is 29.0 Å². The van der Waals surface area contributed by atoms with E-state index in [9.17, 15) is 4.79 Å². The van der Waals surface area contributed by atoms with Gasteiger partial charge in [0.05, 0.1) is 20.3 Å². The highest BCUT2D eigenvalue weighted by Crippen LogP contribution is 2.33. The smallest absolute Gasteiger partial charge is 0.231 e. The molecule has 2 aromatic carbocycles. The number of amides is 1. The lowest BCUT2D eigenvalue weighted by Gasteiger charge is -2.19. The molecule has 1 heterocycles. The minimum absolute atomic E-state index is 0.00861. The van der Waals surface area contributed by atoms with E-state index in [4.69, 9.17) is 18.9 Å². The Morgan fingerprint density at radius 3 is 2.59 bits per heavy atom. The van der Waals surface area contributed by atoms with Crippen LogP contribution in [0.15, 0.2) is 36.4 Å². The van der Waals surface area contributed by atoms with Gasteiger partial charge in [-0.25, -0.2) is 0 Å². The van der Waals surface area contributed by atoms with Crippen molar-refractivity contribution < 1.29 is 23.7 Å². The lowest BCUT2D eigenvalue weighted by Crippen LogP contribution is -2.28. The fourth-order valence-electron chi connectivity index (χ4n) is 3.11. The second-order valence-electron chi connectivity index (χ2n) is 6.33. The van der Waals surface area contributed by atoms with Crippen molar-refractivity contribution in [2.75, 3.05) is 21.0 Å². The summed E-state index contributed by atoms with van der Waals surface area (Å²) in [4.78, 5) is 12.4. The zero-order chi connectivity index (χ0) is 19.2. The molecule has 0 spiro atoms. The first kappa shape index (κ1) is 18.9. The van der Waals surface area contributed by atoms with Gasteiger partial charge in [0.1, 0.15) is 0 Å². The summed E-state index contributed by atoms with van der Waals surface area (Å²) in [6.45, 7) is 2.29. The minimum Gasteiger partial charge on any atom is -0.493 e. The standard InChI is InChI=1S/C21H25NO5/c1-4-16(15-7-9-17(24-2)19(12-15)25-3)22-21(23)10-6-14-5-8-18-20(11-14)27-13-26-18/h5,7-9,11-12,16H,4,6,10,13H2,1-3H3,(H,22,23). The molecule has 27 heavy (non-hydrogen) atoms. The molecule has 1 unspecified atom stereocenters. The van der Waals surface area contributed by atoms with Gasteiger partial charge in [-0.2, -0.15) is 0 Å². The predicted octanol–water partition coefficient (Wildman–Crippen LogP) is 3.63. The van der Waals surface area contributed by atoms with Crippen LogP contribution in [-0.4, -0.2) is 26.9 Å². The Morgan fingerprint density at radius 1 is 1.07 bits per heavy atom. The van der Waals surface area contributed by atoms with Crippen LogP contribution in [0.3, 0.4) is 0 Å². The molecular formula is C21H25NO5. The van der Waals surface area contributed by atoms with Crippen molar-refractivity contribution in [1.29, 1.82) is 0 Å². The topological polar surface area (TPSA) is 66.0 Å². The summed E-state index contributed by atoms with van der Waals surface area (Å²) in [7, 11) is 3.21. The van der Waals surface area contributed by atoms with Crippen LogP contribution in [0.1, 0.15) is 36.9 Å². The van der Waals surface area contributed by atoms with E-state index in [1.54, 1.807) is 14.2 Å². The Bertz CT molecular complexity index is 805. The molecular weight excluding hydrogens is 346 g/mol. The Hall–Kier alpha value is -2.89. The molecule has 0 saturated carbocycles. The third kappa shape index (κ3) is 4.45. The van der Waals surface area contributed by atoms with Crippen molar-refractivity contribution in [2.24, 2.45) is 0 Å². The molecule has 1 N–H and O–H groups in total. The van der Waals surface area contributed by atoms with Crippen LogP contribution in [0.2, 0.25) is 0 Å². The first-order valence-corrected chi connectivity index (χ1v) is 9.04. The third-order valence-corrected chi connectivity index (χ3v) is 4.63. The lowest BCUT2D eigenvalue weighted by atomic mass is 10.0. The molecule has 1 aliphatic heterocycles. The average Bonchev–Trinajstić information content (AvgIpc) is 3.17. The van der Waals surface area contributed by atoms with E-state index >= 15 is 0 Å². The van der Waals surface area contributed by atoms with Crippen LogP contribution in [0.25, 0.3) is 0 Å². The first-order valence-electron chi connectivity index (χ1n) is 9.04. The van der Waals surface area contributed by atoms with Crippen molar-refractivity contribution in [3.8, 4) is 23.0 Å². The Balaban J connectivity index is 1.60. The fraction of sp³-hybridized carbons (Fsp3) is 0.381. The summed E-state index contributed by atoms with van der Waals surface area (Å²) in [6.07, 6.45) is 1.83. The molecule has 1 atom stereocenters. The molecule has 0 saturated heterocycles. The average molecular weight is 371 g/mol. The molecule has 0 radical (unpaired) electrons. The number of hydrogen-bond donors (Lipinski definition) is 1. The molecule has 1 amide bonds. The summed E-state index contributed by atoms with van der Waals surface area (Å²) in [5, 5.41) is 3.10. The Labute approximate surface area is 159 Å². The molecule has 1 aliphatic rings. The number of carbonyl (C=O) groups is 1. The number of nitrogens with one attached hydrogen (secondary N) is 1. The second-order valence-corrected chi connectivity index (χ2v) is 6.33. The number of rotatable bonds is 8. The minimum atomic E-state index is -0.0749. The number of fused-ring (bicyclic) bond motifs is 1. The van der Waals surface area contributed by atoms with Crippen LogP contribution >= 0.6 is 0 Å². The summed E-state index contributed by atoms with van der Waals surface area (Å²) in [6, 6.07) is 11.4. The molecule has 3 rings (SSSR count). The van der Waals surface area contributed by atoms with Gasteiger partial charge < -0.3 is 24.3 Å². The largest absolute Gasteiger partial charge is 0.493 e. The summed E-state index contributed by atoms with van der Waals surface area (Å²) in [5.41, 5.74) is 2.04. The summed E-state index contributed by atoms with van der Waals surface area (Å²) >= 11 is 0. The number of aryl methyl sites for hydroxylation is 1. The molecule has 144 valence electrons. The van der Waals surface area contributed by atoms with Crippen molar-refractivity contribution in [1.82, 2.24) is 5.32 Å². The van der Waals surface area contributed by atoms with Gasteiger partial charge >= 0.3 is 0 Å². The van der Waals surface area contributed by atoms with Crippen molar-refractivity contribution in [2.45, 2.75) is 32.2 Å². The van der Waals surface area contributed by atoms with E-state index < -0.39 is 0 Å². The number of benzene rings is 2. The Kier molecular flexibility index (Phi) is 6.06. The lowest BCUT2D eigenvalue weighted by molar-refractivity contribution is -0.121. The van der Waals surface area contributed by atoms with E-state index in [0.29, 0.717) is 24.3 Å². The highest BCUT2D eigenvalue weighted by atomic mass is 16.7. The van der Waals surface area contributed by atoms with Crippen molar-refractivity contribution >= 4 is 5.91 Å². The molecule has 0 aliphatic carbocycles. The maximum Gasteiger partial charge on any atom is 0.231 e. The molecule has 0 fully saturated rings.